The fourth-order valence-electron chi connectivity index (χ4n) is 2.67. The number of likely N-dealkylation sites (tertiary alicyclic amines) is 1. The molecule has 7 nitrogen and oxygen atoms in total. The molecule has 3 N–H and O–H groups in total. The number of thiazole rings is 1. The number of piperidine rings is 1. The fraction of sp³-hybridized carbons (Fsp3) is 0.429. The average Bonchev–Trinajstić information content (AvgIpc) is 2.96. The molecule has 8 heteroatoms. The lowest BCUT2D eigenvalue weighted by atomic mass is 9.95. The average molecular weight is 318 g/mol. The Morgan fingerprint density at radius 1 is 1.50 bits per heavy atom. The highest BCUT2D eigenvalue weighted by molar-refractivity contribution is 7.13. The Labute approximate surface area is 132 Å². The number of nitrogens with two attached hydrogens (primary N) is 1. The summed E-state index contributed by atoms with van der Waals surface area (Å²) in [6, 6.07) is 0. The van der Waals surface area contributed by atoms with Crippen LogP contribution in [0.3, 0.4) is 0 Å². The second-order valence-electron chi connectivity index (χ2n) is 5.33. The van der Waals surface area contributed by atoms with E-state index in [1.807, 2.05) is 0 Å². The lowest BCUT2D eigenvalue weighted by molar-refractivity contribution is -0.119. The number of hydrogen-bond acceptors (Lipinski definition) is 7. The van der Waals surface area contributed by atoms with E-state index < -0.39 is 0 Å². The zero-order valence-corrected chi connectivity index (χ0v) is 12.9. The summed E-state index contributed by atoms with van der Waals surface area (Å²) in [6.07, 6.45) is 7.08. The van der Waals surface area contributed by atoms with Gasteiger partial charge in [0.2, 0.25) is 5.91 Å². The molecule has 1 aliphatic rings. The zero-order chi connectivity index (χ0) is 15.4. The first kappa shape index (κ1) is 14.9. The third-order valence-electron chi connectivity index (χ3n) is 3.62. The van der Waals surface area contributed by atoms with Crippen LogP contribution < -0.4 is 11.1 Å². The van der Waals surface area contributed by atoms with Gasteiger partial charge >= 0.3 is 0 Å². The van der Waals surface area contributed by atoms with Crippen molar-refractivity contribution in [1.29, 1.82) is 0 Å². The molecule has 2 aromatic rings. The van der Waals surface area contributed by atoms with Crippen molar-refractivity contribution in [3.63, 3.8) is 0 Å². The summed E-state index contributed by atoms with van der Waals surface area (Å²) in [5.41, 5.74) is 6.34. The molecule has 0 radical (unpaired) electrons. The monoisotopic (exact) mass is 318 g/mol. The Morgan fingerprint density at radius 3 is 3.18 bits per heavy atom. The van der Waals surface area contributed by atoms with Crippen molar-refractivity contribution in [2.24, 2.45) is 5.73 Å². The molecule has 0 aliphatic carbocycles. The normalized spacial score (nSPS) is 19.0. The van der Waals surface area contributed by atoms with Crippen LogP contribution in [0.1, 0.15) is 24.5 Å². The van der Waals surface area contributed by atoms with Gasteiger partial charge in [-0.15, -0.1) is 11.3 Å². The lowest BCUT2D eigenvalue weighted by Crippen LogP contribution is -2.40. The van der Waals surface area contributed by atoms with Crippen molar-refractivity contribution < 1.29 is 4.79 Å². The number of anilines is 2. The lowest BCUT2D eigenvalue weighted by Gasteiger charge is -2.30. The minimum atomic E-state index is -0.274. The highest BCUT2D eigenvalue weighted by Gasteiger charge is 2.24. The molecule has 3 heterocycles. The molecule has 0 spiro atoms. The minimum Gasteiger partial charge on any atom is -0.369 e. The Kier molecular flexibility index (Phi) is 4.59. The molecule has 2 aromatic heterocycles. The Balaban J connectivity index is 1.64. The maximum Gasteiger partial charge on any atom is 0.231 e. The number of primary amides is 1. The predicted molar refractivity (Wildman–Crippen MR) is 85.0 cm³/mol. The molecule has 1 aliphatic heterocycles. The number of amides is 1. The van der Waals surface area contributed by atoms with Crippen LogP contribution in [0.4, 0.5) is 10.9 Å². The van der Waals surface area contributed by atoms with Gasteiger partial charge in [-0.25, -0.2) is 9.97 Å². The van der Waals surface area contributed by atoms with Crippen LogP contribution in [0, 0.1) is 0 Å². The highest BCUT2D eigenvalue weighted by Crippen LogP contribution is 2.30. The van der Waals surface area contributed by atoms with Crippen molar-refractivity contribution >= 4 is 28.2 Å². The van der Waals surface area contributed by atoms with Crippen LogP contribution in [-0.4, -0.2) is 45.4 Å². The SMILES string of the molecule is NC(=O)CN1CCC[C@H](c2csc(Nc3cnccn3)n2)C1. The molecule has 22 heavy (non-hydrogen) atoms. The summed E-state index contributed by atoms with van der Waals surface area (Å²) >= 11 is 1.55. The highest BCUT2D eigenvalue weighted by atomic mass is 32.1. The standard InChI is InChI=1S/C14H18N6OS/c15-12(21)8-20-5-1-2-10(7-20)11-9-22-14(18-11)19-13-6-16-3-4-17-13/h3-4,6,9-10H,1-2,5,7-8H2,(H2,15,21)(H,17,18,19)/t10-/m0/s1. The number of nitrogens with one attached hydrogen (secondary N) is 1. The first-order valence-electron chi connectivity index (χ1n) is 7.20. The van der Waals surface area contributed by atoms with Crippen molar-refractivity contribution in [3.8, 4) is 0 Å². The molecule has 0 unspecified atom stereocenters. The molecule has 1 atom stereocenters. The second kappa shape index (κ2) is 6.80. The molecule has 3 rings (SSSR count). The Bertz CT molecular complexity index is 631. The van der Waals surface area contributed by atoms with Gasteiger partial charge in [0.15, 0.2) is 10.9 Å². The molecule has 116 valence electrons. The predicted octanol–water partition coefficient (Wildman–Crippen LogP) is 1.34. The molecule has 0 bridgehead atoms. The first-order valence-corrected chi connectivity index (χ1v) is 8.08. The summed E-state index contributed by atoms with van der Waals surface area (Å²) in [4.78, 5) is 26.0. The summed E-state index contributed by atoms with van der Waals surface area (Å²) in [6.45, 7) is 2.08. The summed E-state index contributed by atoms with van der Waals surface area (Å²) in [5, 5.41) is 6.03. The third-order valence-corrected chi connectivity index (χ3v) is 4.40. The van der Waals surface area contributed by atoms with Crippen LogP contribution in [0.25, 0.3) is 0 Å². The number of aromatic nitrogens is 3. The van der Waals surface area contributed by atoms with E-state index in [9.17, 15) is 4.79 Å². The van der Waals surface area contributed by atoms with Gasteiger partial charge in [0.25, 0.3) is 0 Å². The van der Waals surface area contributed by atoms with Gasteiger partial charge in [0.05, 0.1) is 18.4 Å². The number of carbonyl (C=O) groups is 1. The van der Waals surface area contributed by atoms with E-state index in [0.717, 1.165) is 36.8 Å². The van der Waals surface area contributed by atoms with E-state index in [0.29, 0.717) is 18.3 Å². The maximum atomic E-state index is 11.1. The van der Waals surface area contributed by atoms with Crippen LogP contribution in [0.2, 0.25) is 0 Å². The number of rotatable bonds is 5. The van der Waals surface area contributed by atoms with Crippen molar-refractivity contribution in [2.45, 2.75) is 18.8 Å². The van der Waals surface area contributed by atoms with E-state index in [-0.39, 0.29) is 5.91 Å². The van der Waals surface area contributed by atoms with Gasteiger partial charge < -0.3 is 11.1 Å². The molecule has 1 fully saturated rings. The Hall–Kier alpha value is -2.06. The van der Waals surface area contributed by atoms with Gasteiger partial charge in [0, 0.05) is 30.2 Å². The van der Waals surface area contributed by atoms with Gasteiger partial charge in [0.1, 0.15) is 0 Å². The van der Waals surface area contributed by atoms with Crippen molar-refractivity contribution in [2.75, 3.05) is 25.0 Å². The Morgan fingerprint density at radius 2 is 2.41 bits per heavy atom. The van der Waals surface area contributed by atoms with Crippen molar-refractivity contribution in [1.82, 2.24) is 19.9 Å². The van der Waals surface area contributed by atoms with Crippen LogP contribution in [0.15, 0.2) is 24.0 Å². The minimum absolute atomic E-state index is 0.274. The summed E-state index contributed by atoms with van der Waals surface area (Å²) in [7, 11) is 0. The van der Waals surface area contributed by atoms with E-state index >= 15 is 0 Å². The van der Waals surface area contributed by atoms with Crippen LogP contribution in [0.5, 0.6) is 0 Å². The second-order valence-corrected chi connectivity index (χ2v) is 6.19. The summed E-state index contributed by atoms with van der Waals surface area (Å²) < 4.78 is 0. The number of carbonyl (C=O) groups excluding carboxylic acids is 1. The molecule has 1 amide bonds. The maximum absolute atomic E-state index is 11.1. The third kappa shape index (κ3) is 3.77. The van der Waals surface area contributed by atoms with Gasteiger partial charge in [-0.3, -0.25) is 14.7 Å². The first-order chi connectivity index (χ1) is 10.7. The van der Waals surface area contributed by atoms with E-state index in [2.05, 4.69) is 30.5 Å². The van der Waals surface area contributed by atoms with E-state index in [4.69, 9.17) is 5.73 Å². The number of hydrogen-bond donors (Lipinski definition) is 2. The molecule has 1 saturated heterocycles. The van der Waals surface area contributed by atoms with Crippen molar-refractivity contribution in [3.05, 3.63) is 29.7 Å². The van der Waals surface area contributed by atoms with Crippen LogP contribution in [-0.2, 0) is 4.79 Å². The molecule has 0 aromatic carbocycles. The van der Waals surface area contributed by atoms with Crippen LogP contribution >= 0.6 is 11.3 Å². The smallest absolute Gasteiger partial charge is 0.231 e. The van der Waals surface area contributed by atoms with Gasteiger partial charge in [-0.05, 0) is 19.4 Å². The van der Waals surface area contributed by atoms with E-state index in [1.54, 1.807) is 29.9 Å². The molecular weight excluding hydrogens is 300 g/mol. The molecule has 0 saturated carbocycles. The topological polar surface area (TPSA) is 97.0 Å². The van der Waals surface area contributed by atoms with Gasteiger partial charge in [-0.1, -0.05) is 0 Å². The molecular formula is C14H18N6OS. The summed E-state index contributed by atoms with van der Waals surface area (Å²) in [5.74, 6) is 0.757. The largest absolute Gasteiger partial charge is 0.369 e. The van der Waals surface area contributed by atoms with E-state index in [1.165, 1.54) is 0 Å². The quantitative estimate of drug-likeness (QED) is 0.863. The fourth-order valence-corrected chi connectivity index (χ4v) is 3.46. The van der Waals surface area contributed by atoms with Gasteiger partial charge in [-0.2, -0.15) is 0 Å². The number of nitrogens with zero attached hydrogens (tertiary/aromatic N) is 4. The zero-order valence-electron chi connectivity index (χ0n) is 12.1.